The summed E-state index contributed by atoms with van der Waals surface area (Å²) >= 11 is 1.38. The van der Waals surface area contributed by atoms with Gasteiger partial charge in [0.15, 0.2) is 5.13 Å². The van der Waals surface area contributed by atoms with Crippen LogP contribution in [-0.4, -0.2) is 20.4 Å². The number of carbonyl (C=O) groups is 1. The lowest BCUT2D eigenvalue weighted by Gasteiger charge is -2.07. The summed E-state index contributed by atoms with van der Waals surface area (Å²) in [6.07, 6.45) is 2.47. The molecule has 0 saturated carbocycles. The molecule has 0 fully saturated rings. The van der Waals surface area contributed by atoms with Gasteiger partial charge in [-0.1, -0.05) is 6.92 Å². The number of pyridine rings is 1. The second kappa shape index (κ2) is 7.06. The molecule has 6 nitrogen and oxygen atoms in total. The van der Waals surface area contributed by atoms with Crippen molar-refractivity contribution in [1.82, 2.24) is 14.5 Å². The lowest BCUT2D eigenvalue weighted by molar-refractivity contribution is 0.102. The van der Waals surface area contributed by atoms with Crippen LogP contribution in [0.25, 0.3) is 11.3 Å². The number of aromatic amines is 1. The van der Waals surface area contributed by atoms with E-state index in [1.54, 1.807) is 0 Å². The quantitative estimate of drug-likeness (QED) is 0.733. The summed E-state index contributed by atoms with van der Waals surface area (Å²) in [7, 11) is 0. The normalized spacial score (nSPS) is 10.8. The predicted octanol–water partition coefficient (Wildman–Crippen LogP) is 3.58. The zero-order chi connectivity index (χ0) is 18.0. The van der Waals surface area contributed by atoms with E-state index in [1.807, 2.05) is 5.38 Å². The fraction of sp³-hybridized carbons (Fsp3) is 0.278. The zero-order valence-corrected chi connectivity index (χ0v) is 15.2. The number of anilines is 1. The van der Waals surface area contributed by atoms with Crippen molar-refractivity contribution in [3.8, 4) is 11.3 Å². The van der Waals surface area contributed by atoms with Crippen LogP contribution < -0.4 is 10.9 Å². The van der Waals surface area contributed by atoms with Gasteiger partial charge in [-0.2, -0.15) is 0 Å². The summed E-state index contributed by atoms with van der Waals surface area (Å²) in [5, 5.41) is 5.25. The predicted molar refractivity (Wildman–Crippen MR) is 100 cm³/mol. The van der Waals surface area contributed by atoms with Crippen LogP contribution in [0, 0.1) is 13.8 Å². The maximum atomic E-state index is 12.2. The molecule has 0 aliphatic heterocycles. The number of aryl methyl sites for hydroxylation is 1. The first-order valence-corrected chi connectivity index (χ1v) is 9.00. The smallest absolute Gasteiger partial charge is 0.258 e. The van der Waals surface area contributed by atoms with Crippen molar-refractivity contribution < 1.29 is 4.79 Å². The SMILES string of the molecule is CCCn1c(C)cc(-c2csc(NC(=O)c3ccc(=O)[nH]c3)n2)c1C. The molecule has 7 heteroatoms. The van der Waals surface area contributed by atoms with Crippen molar-refractivity contribution in [2.75, 3.05) is 5.32 Å². The van der Waals surface area contributed by atoms with E-state index in [0.29, 0.717) is 10.7 Å². The molecule has 3 aromatic rings. The van der Waals surface area contributed by atoms with Gasteiger partial charge < -0.3 is 9.55 Å². The molecule has 25 heavy (non-hydrogen) atoms. The Kier molecular flexibility index (Phi) is 4.85. The standard InChI is InChI=1S/C18H20N4O2S/c1-4-7-22-11(2)8-14(12(22)3)15-10-25-18(20-15)21-17(24)13-5-6-16(23)19-9-13/h5-6,8-10H,4,7H2,1-3H3,(H,19,23)(H,20,21,24). The minimum absolute atomic E-state index is 0.240. The first-order valence-electron chi connectivity index (χ1n) is 8.12. The topological polar surface area (TPSA) is 79.8 Å². The van der Waals surface area contributed by atoms with Gasteiger partial charge in [0, 0.05) is 41.1 Å². The third kappa shape index (κ3) is 3.56. The number of thiazole rings is 1. The van der Waals surface area contributed by atoms with E-state index in [2.05, 4.69) is 46.7 Å². The summed E-state index contributed by atoms with van der Waals surface area (Å²) in [5.74, 6) is -0.298. The summed E-state index contributed by atoms with van der Waals surface area (Å²) in [6, 6.07) is 4.94. The number of rotatable bonds is 5. The minimum atomic E-state index is -0.298. The molecule has 0 atom stereocenters. The first-order chi connectivity index (χ1) is 12.0. The number of carbonyl (C=O) groups excluding carboxylic acids is 1. The van der Waals surface area contributed by atoms with Gasteiger partial charge in [-0.15, -0.1) is 11.3 Å². The molecular formula is C18H20N4O2S. The van der Waals surface area contributed by atoms with Gasteiger partial charge in [-0.05, 0) is 32.4 Å². The molecule has 3 rings (SSSR count). The molecule has 2 N–H and O–H groups in total. The molecule has 0 aromatic carbocycles. The molecular weight excluding hydrogens is 336 g/mol. The Morgan fingerprint density at radius 3 is 2.84 bits per heavy atom. The van der Waals surface area contributed by atoms with Crippen LogP contribution in [0.2, 0.25) is 0 Å². The van der Waals surface area contributed by atoms with Crippen LogP contribution in [0.1, 0.15) is 35.1 Å². The molecule has 0 aliphatic carbocycles. The van der Waals surface area contributed by atoms with Crippen molar-refractivity contribution in [2.24, 2.45) is 0 Å². The maximum absolute atomic E-state index is 12.2. The Morgan fingerprint density at radius 1 is 1.36 bits per heavy atom. The Balaban J connectivity index is 1.81. The van der Waals surface area contributed by atoms with Gasteiger partial charge in [-0.25, -0.2) is 4.98 Å². The molecule has 130 valence electrons. The summed E-state index contributed by atoms with van der Waals surface area (Å²) in [5.41, 5.74) is 4.49. The van der Waals surface area contributed by atoms with Crippen LogP contribution in [0.5, 0.6) is 0 Å². The molecule has 0 saturated heterocycles. The molecule has 0 bridgehead atoms. The number of hydrogen-bond donors (Lipinski definition) is 2. The van der Waals surface area contributed by atoms with Crippen molar-refractivity contribution >= 4 is 22.4 Å². The molecule has 0 radical (unpaired) electrons. The number of aromatic nitrogens is 3. The van der Waals surface area contributed by atoms with Crippen LogP contribution in [0.15, 0.2) is 34.6 Å². The van der Waals surface area contributed by atoms with E-state index < -0.39 is 0 Å². The van der Waals surface area contributed by atoms with Gasteiger partial charge >= 0.3 is 0 Å². The van der Waals surface area contributed by atoms with Crippen molar-refractivity contribution in [3.05, 3.63) is 57.1 Å². The van der Waals surface area contributed by atoms with Crippen molar-refractivity contribution in [2.45, 2.75) is 33.7 Å². The third-order valence-corrected chi connectivity index (χ3v) is 4.83. The number of hydrogen-bond acceptors (Lipinski definition) is 4. The molecule has 0 aliphatic rings. The average Bonchev–Trinajstić information content (AvgIpc) is 3.15. The average molecular weight is 356 g/mol. The second-order valence-corrected chi connectivity index (χ2v) is 6.73. The fourth-order valence-electron chi connectivity index (χ4n) is 2.80. The van der Waals surface area contributed by atoms with Crippen molar-refractivity contribution in [3.63, 3.8) is 0 Å². The van der Waals surface area contributed by atoms with Gasteiger partial charge in [0.1, 0.15) is 0 Å². The van der Waals surface area contributed by atoms with Crippen LogP contribution in [0.3, 0.4) is 0 Å². The maximum Gasteiger partial charge on any atom is 0.258 e. The summed E-state index contributed by atoms with van der Waals surface area (Å²) in [4.78, 5) is 30.3. The molecule has 3 heterocycles. The van der Waals surface area contributed by atoms with Gasteiger partial charge in [0.05, 0.1) is 11.3 Å². The van der Waals surface area contributed by atoms with E-state index in [-0.39, 0.29) is 11.5 Å². The van der Waals surface area contributed by atoms with E-state index in [0.717, 1.165) is 24.2 Å². The highest BCUT2D eigenvalue weighted by atomic mass is 32.1. The van der Waals surface area contributed by atoms with Crippen LogP contribution in [0.4, 0.5) is 5.13 Å². The van der Waals surface area contributed by atoms with E-state index in [1.165, 1.54) is 41.1 Å². The number of nitrogens with one attached hydrogen (secondary N) is 2. The van der Waals surface area contributed by atoms with E-state index >= 15 is 0 Å². The molecule has 3 aromatic heterocycles. The van der Waals surface area contributed by atoms with Crippen LogP contribution >= 0.6 is 11.3 Å². The minimum Gasteiger partial charge on any atom is -0.348 e. The number of amides is 1. The van der Waals surface area contributed by atoms with E-state index in [4.69, 9.17) is 0 Å². The fourth-order valence-corrected chi connectivity index (χ4v) is 3.51. The van der Waals surface area contributed by atoms with Crippen LogP contribution in [-0.2, 0) is 6.54 Å². The number of nitrogens with zero attached hydrogens (tertiary/aromatic N) is 2. The summed E-state index contributed by atoms with van der Waals surface area (Å²) in [6.45, 7) is 7.33. The van der Waals surface area contributed by atoms with Gasteiger partial charge in [0.25, 0.3) is 5.91 Å². The largest absolute Gasteiger partial charge is 0.348 e. The van der Waals surface area contributed by atoms with E-state index in [9.17, 15) is 9.59 Å². The Morgan fingerprint density at radius 2 is 2.16 bits per heavy atom. The second-order valence-electron chi connectivity index (χ2n) is 5.87. The van der Waals surface area contributed by atoms with Crippen molar-refractivity contribution in [1.29, 1.82) is 0 Å². The third-order valence-electron chi connectivity index (χ3n) is 4.07. The highest BCUT2D eigenvalue weighted by Crippen LogP contribution is 2.30. The lowest BCUT2D eigenvalue weighted by Crippen LogP contribution is -2.14. The number of H-pyrrole nitrogens is 1. The Hall–Kier alpha value is -2.67. The highest BCUT2D eigenvalue weighted by Gasteiger charge is 2.14. The molecule has 0 spiro atoms. The van der Waals surface area contributed by atoms with Gasteiger partial charge in [0.2, 0.25) is 5.56 Å². The Bertz CT molecular complexity index is 947. The highest BCUT2D eigenvalue weighted by molar-refractivity contribution is 7.14. The monoisotopic (exact) mass is 356 g/mol. The Labute approximate surface area is 149 Å². The zero-order valence-electron chi connectivity index (χ0n) is 14.4. The summed E-state index contributed by atoms with van der Waals surface area (Å²) < 4.78 is 2.28. The lowest BCUT2D eigenvalue weighted by atomic mass is 10.2. The first kappa shape index (κ1) is 17.2. The van der Waals surface area contributed by atoms with Gasteiger partial charge in [-0.3, -0.25) is 14.9 Å². The molecule has 0 unspecified atom stereocenters. The molecule has 1 amide bonds.